The second-order valence-corrected chi connectivity index (χ2v) is 5.25. The Bertz CT molecular complexity index is 395. The van der Waals surface area contributed by atoms with E-state index in [0.717, 1.165) is 11.5 Å². The molecular formula is C11H19N3O3S. The lowest BCUT2D eigenvalue weighted by atomic mass is 10.0. The second kappa shape index (κ2) is 6.65. The molecule has 0 saturated carbocycles. The number of methoxy groups -OCH3 is 1. The van der Waals surface area contributed by atoms with Crippen LogP contribution >= 0.6 is 11.5 Å². The molecule has 0 amide bonds. The fourth-order valence-corrected chi connectivity index (χ4v) is 2.10. The average molecular weight is 273 g/mol. The molecule has 1 aromatic rings. The summed E-state index contributed by atoms with van der Waals surface area (Å²) in [5, 5.41) is 12.5. The summed E-state index contributed by atoms with van der Waals surface area (Å²) in [6.45, 7) is 5.81. The van der Waals surface area contributed by atoms with E-state index in [0.29, 0.717) is 23.3 Å². The minimum atomic E-state index is -0.875. The predicted molar refractivity (Wildman–Crippen MR) is 69.8 cm³/mol. The van der Waals surface area contributed by atoms with Crippen molar-refractivity contribution in [2.45, 2.75) is 39.3 Å². The first kappa shape index (κ1) is 14.8. The minimum absolute atomic E-state index is 0.190. The molecule has 0 aliphatic carbocycles. The summed E-state index contributed by atoms with van der Waals surface area (Å²) in [5.41, 5.74) is 0. The van der Waals surface area contributed by atoms with Gasteiger partial charge in [0.25, 0.3) is 0 Å². The van der Waals surface area contributed by atoms with Gasteiger partial charge in [-0.1, -0.05) is 13.8 Å². The number of hydrogen-bond acceptors (Lipinski definition) is 6. The van der Waals surface area contributed by atoms with Crippen LogP contribution in [0.5, 0.6) is 0 Å². The van der Waals surface area contributed by atoms with Crippen LogP contribution in [0.25, 0.3) is 0 Å². The highest BCUT2D eigenvalue weighted by Crippen LogP contribution is 2.20. The zero-order valence-corrected chi connectivity index (χ0v) is 11.8. The summed E-state index contributed by atoms with van der Waals surface area (Å²) in [6, 6.07) is -0.636. The Kier molecular flexibility index (Phi) is 5.49. The van der Waals surface area contributed by atoms with Gasteiger partial charge in [-0.25, -0.2) is 9.78 Å². The van der Waals surface area contributed by atoms with Gasteiger partial charge in [0.2, 0.25) is 5.13 Å². The molecule has 1 heterocycles. The largest absolute Gasteiger partial charge is 0.480 e. The predicted octanol–water partition coefficient (Wildman–Crippen LogP) is 2.16. The maximum absolute atomic E-state index is 11.1. The first-order valence-electron chi connectivity index (χ1n) is 5.79. The summed E-state index contributed by atoms with van der Waals surface area (Å²) >= 11 is 1.15. The third-order valence-electron chi connectivity index (χ3n) is 2.46. The number of anilines is 1. The molecule has 0 fully saturated rings. The zero-order chi connectivity index (χ0) is 13.7. The Labute approximate surface area is 111 Å². The van der Waals surface area contributed by atoms with Crippen molar-refractivity contribution in [3.8, 4) is 0 Å². The van der Waals surface area contributed by atoms with E-state index in [1.165, 1.54) is 0 Å². The van der Waals surface area contributed by atoms with Crippen LogP contribution in [0.4, 0.5) is 5.13 Å². The van der Waals surface area contributed by atoms with Crippen molar-refractivity contribution in [1.29, 1.82) is 0 Å². The number of rotatable bonds is 7. The molecule has 0 aromatic carbocycles. The standard InChI is InChI=1S/C11H19N3O3S/c1-6(2)5-8(10(15)16)12-11-13-9(14-18-11)7(3)17-4/h6-8H,5H2,1-4H3,(H,15,16)(H,12,13,14). The third kappa shape index (κ3) is 4.23. The molecule has 1 rings (SSSR count). The van der Waals surface area contributed by atoms with Crippen LogP contribution in [0.2, 0.25) is 0 Å². The Morgan fingerprint density at radius 3 is 2.67 bits per heavy atom. The smallest absolute Gasteiger partial charge is 0.326 e. The molecule has 102 valence electrons. The van der Waals surface area contributed by atoms with Crippen molar-refractivity contribution in [3.63, 3.8) is 0 Å². The highest BCUT2D eigenvalue weighted by Gasteiger charge is 2.21. The van der Waals surface area contributed by atoms with E-state index in [9.17, 15) is 4.79 Å². The number of nitrogens with zero attached hydrogens (tertiary/aromatic N) is 2. The van der Waals surface area contributed by atoms with E-state index in [2.05, 4.69) is 14.7 Å². The molecule has 2 atom stereocenters. The number of carboxylic acids is 1. The number of carbonyl (C=O) groups is 1. The highest BCUT2D eigenvalue weighted by atomic mass is 32.1. The summed E-state index contributed by atoms with van der Waals surface area (Å²) < 4.78 is 9.23. The van der Waals surface area contributed by atoms with Crippen molar-refractivity contribution in [1.82, 2.24) is 9.36 Å². The SMILES string of the molecule is COC(C)c1nsc(NC(CC(C)C)C(=O)O)n1. The van der Waals surface area contributed by atoms with E-state index in [-0.39, 0.29) is 6.10 Å². The normalized spacial score (nSPS) is 14.5. The molecule has 0 aliphatic heterocycles. The molecule has 0 saturated heterocycles. The number of aromatic nitrogens is 2. The van der Waals surface area contributed by atoms with Crippen molar-refractivity contribution >= 4 is 22.6 Å². The lowest BCUT2D eigenvalue weighted by Crippen LogP contribution is -2.30. The molecule has 0 bridgehead atoms. The van der Waals surface area contributed by atoms with Crippen molar-refractivity contribution in [2.75, 3.05) is 12.4 Å². The van der Waals surface area contributed by atoms with Crippen molar-refractivity contribution in [2.24, 2.45) is 5.92 Å². The third-order valence-corrected chi connectivity index (χ3v) is 3.12. The first-order valence-corrected chi connectivity index (χ1v) is 6.57. The number of ether oxygens (including phenoxy) is 1. The fraction of sp³-hybridized carbons (Fsp3) is 0.727. The Morgan fingerprint density at radius 2 is 2.17 bits per heavy atom. The zero-order valence-electron chi connectivity index (χ0n) is 11.0. The molecule has 0 radical (unpaired) electrons. The number of aliphatic carboxylic acids is 1. The lowest BCUT2D eigenvalue weighted by Gasteiger charge is -2.15. The van der Waals surface area contributed by atoms with E-state index in [1.807, 2.05) is 20.8 Å². The second-order valence-electron chi connectivity index (χ2n) is 4.50. The van der Waals surface area contributed by atoms with Crippen molar-refractivity contribution in [3.05, 3.63) is 5.82 Å². The average Bonchev–Trinajstić information content (AvgIpc) is 2.75. The highest BCUT2D eigenvalue weighted by molar-refractivity contribution is 7.09. The number of hydrogen-bond donors (Lipinski definition) is 2. The molecule has 0 aliphatic rings. The van der Waals surface area contributed by atoms with Crippen LogP contribution in [0.3, 0.4) is 0 Å². The van der Waals surface area contributed by atoms with Crippen LogP contribution in [0.15, 0.2) is 0 Å². The van der Waals surface area contributed by atoms with E-state index in [4.69, 9.17) is 9.84 Å². The van der Waals surface area contributed by atoms with Gasteiger partial charge >= 0.3 is 5.97 Å². The van der Waals surface area contributed by atoms with Crippen LogP contribution in [0, 0.1) is 5.92 Å². The fourth-order valence-electron chi connectivity index (χ4n) is 1.41. The number of nitrogens with one attached hydrogen (secondary N) is 1. The van der Waals surface area contributed by atoms with Crippen LogP contribution < -0.4 is 5.32 Å². The summed E-state index contributed by atoms with van der Waals surface area (Å²) in [7, 11) is 1.58. The van der Waals surface area contributed by atoms with Crippen LogP contribution in [0.1, 0.15) is 39.1 Å². The molecule has 7 heteroatoms. The summed E-state index contributed by atoms with van der Waals surface area (Å²) in [4.78, 5) is 15.3. The van der Waals surface area contributed by atoms with Gasteiger partial charge in [-0.15, -0.1) is 0 Å². The van der Waals surface area contributed by atoms with E-state index >= 15 is 0 Å². The first-order chi connectivity index (χ1) is 8.43. The monoisotopic (exact) mass is 273 g/mol. The molecular weight excluding hydrogens is 254 g/mol. The van der Waals surface area contributed by atoms with Gasteiger partial charge in [0, 0.05) is 18.6 Å². The van der Waals surface area contributed by atoms with Crippen LogP contribution in [-0.2, 0) is 9.53 Å². The maximum atomic E-state index is 11.1. The molecule has 1 aromatic heterocycles. The Balaban J connectivity index is 2.69. The lowest BCUT2D eigenvalue weighted by molar-refractivity contribution is -0.138. The minimum Gasteiger partial charge on any atom is -0.480 e. The van der Waals surface area contributed by atoms with Gasteiger partial charge in [0.15, 0.2) is 5.82 Å². The van der Waals surface area contributed by atoms with Gasteiger partial charge < -0.3 is 15.2 Å². The van der Waals surface area contributed by atoms with Crippen LogP contribution in [-0.4, -0.2) is 33.6 Å². The summed E-state index contributed by atoms with van der Waals surface area (Å²) in [6.07, 6.45) is 0.356. The molecule has 18 heavy (non-hydrogen) atoms. The van der Waals surface area contributed by atoms with Gasteiger partial charge in [-0.3, -0.25) is 0 Å². The summed E-state index contributed by atoms with van der Waals surface area (Å²) in [5.74, 6) is -0.0113. The van der Waals surface area contributed by atoms with Gasteiger partial charge in [-0.05, 0) is 19.3 Å². The molecule has 6 nitrogen and oxygen atoms in total. The number of carboxylic acid groups (broad SMARTS) is 1. The molecule has 2 unspecified atom stereocenters. The topological polar surface area (TPSA) is 84.3 Å². The van der Waals surface area contributed by atoms with Gasteiger partial charge in [0.05, 0.1) is 0 Å². The molecule has 2 N–H and O–H groups in total. The van der Waals surface area contributed by atoms with Crippen molar-refractivity contribution < 1.29 is 14.6 Å². The quantitative estimate of drug-likeness (QED) is 0.792. The Hall–Kier alpha value is -1.21. The Morgan fingerprint density at radius 1 is 1.50 bits per heavy atom. The van der Waals surface area contributed by atoms with E-state index < -0.39 is 12.0 Å². The van der Waals surface area contributed by atoms with Gasteiger partial charge in [0.1, 0.15) is 12.1 Å². The van der Waals surface area contributed by atoms with E-state index in [1.54, 1.807) is 7.11 Å². The van der Waals surface area contributed by atoms with Gasteiger partial charge in [-0.2, -0.15) is 4.37 Å². The maximum Gasteiger partial charge on any atom is 0.326 e. The molecule has 0 spiro atoms.